The van der Waals surface area contributed by atoms with E-state index >= 15 is 0 Å². The molecule has 1 aliphatic rings. The Morgan fingerprint density at radius 3 is 2.55 bits per heavy atom. The minimum atomic E-state index is -0.833. The molecule has 3 rings (SSSR count). The zero-order chi connectivity index (χ0) is 20.8. The Morgan fingerprint density at radius 1 is 1.21 bits per heavy atom. The van der Waals surface area contributed by atoms with Crippen LogP contribution in [0.15, 0.2) is 76.6 Å². The number of halogens is 1. The van der Waals surface area contributed by atoms with Crippen LogP contribution in [0.3, 0.4) is 0 Å². The number of amides is 1. The largest absolute Gasteiger partial charge is 0.460 e. The molecule has 0 N–H and O–H groups in total. The van der Waals surface area contributed by atoms with Crippen LogP contribution in [0, 0.1) is 0 Å². The van der Waals surface area contributed by atoms with Crippen LogP contribution in [0.2, 0.25) is 0 Å². The van der Waals surface area contributed by atoms with Gasteiger partial charge >= 0.3 is 5.97 Å². The van der Waals surface area contributed by atoms with Crippen molar-refractivity contribution < 1.29 is 14.3 Å². The molecule has 2 aromatic carbocycles. The van der Waals surface area contributed by atoms with Crippen LogP contribution in [0.1, 0.15) is 11.1 Å². The summed E-state index contributed by atoms with van der Waals surface area (Å²) in [6, 6.07) is 16.3. The highest BCUT2D eigenvalue weighted by Gasteiger charge is 2.41. The number of rotatable bonds is 7. The van der Waals surface area contributed by atoms with E-state index in [1.807, 2.05) is 54.6 Å². The number of ether oxygens (including phenoxy) is 1. The first-order valence-electron chi connectivity index (χ1n) is 8.83. The third-order valence-corrected chi connectivity index (χ3v) is 6.05. The molecular weight excluding hydrogens is 470 g/mol. The van der Waals surface area contributed by atoms with E-state index in [0.29, 0.717) is 15.6 Å². The van der Waals surface area contributed by atoms with Gasteiger partial charge in [0, 0.05) is 10.9 Å². The fourth-order valence-electron chi connectivity index (χ4n) is 2.81. The standard InChI is InChI=1S/C22H18BrNO3S2/c1-2-12-27-21(26)18(13-15-6-4-3-5-7-15)24-20(25)19(29-22(24)28)14-16-8-10-17(23)11-9-16/h2-11,14,18H,1,12-13H2/b19-14-/t18-/m0/s1. The second-order valence-corrected chi connectivity index (χ2v) is 8.82. The molecule has 0 unspecified atom stereocenters. The fourth-order valence-corrected chi connectivity index (χ4v) is 4.43. The van der Waals surface area contributed by atoms with Crippen LogP contribution in [-0.4, -0.2) is 33.7 Å². The molecule has 1 saturated heterocycles. The first-order chi connectivity index (χ1) is 14.0. The van der Waals surface area contributed by atoms with Crippen molar-refractivity contribution in [3.05, 3.63) is 87.8 Å². The molecule has 0 aromatic heterocycles. The number of esters is 1. The highest BCUT2D eigenvalue weighted by Crippen LogP contribution is 2.35. The molecule has 2 aromatic rings. The lowest BCUT2D eigenvalue weighted by Gasteiger charge is -2.25. The molecule has 7 heteroatoms. The van der Waals surface area contributed by atoms with Crippen LogP contribution in [0.5, 0.6) is 0 Å². The summed E-state index contributed by atoms with van der Waals surface area (Å²) in [5, 5.41) is 0. The molecule has 0 aliphatic carbocycles. The summed E-state index contributed by atoms with van der Waals surface area (Å²) in [6.07, 6.45) is 3.59. The van der Waals surface area contributed by atoms with Crippen molar-refractivity contribution in [2.75, 3.05) is 6.61 Å². The van der Waals surface area contributed by atoms with E-state index in [9.17, 15) is 9.59 Å². The van der Waals surface area contributed by atoms with Crippen LogP contribution in [0.4, 0.5) is 0 Å². The van der Waals surface area contributed by atoms with E-state index in [0.717, 1.165) is 15.6 Å². The van der Waals surface area contributed by atoms with Gasteiger partial charge in [0.15, 0.2) is 0 Å². The number of benzene rings is 2. The average molecular weight is 488 g/mol. The van der Waals surface area contributed by atoms with Gasteiger partial charge in [-0.05, 0) is 29.3 Å². The third kappa shape index (κ3) is 5.44. The lowest BCUT2D eigenvalue weighted by Crippen LogP contribution is -2.46. The van der Waals surface area contributed by atoms with Gasteiger partial charge in [-0.15, -0.1) is 0 Å². The monoisotopic (exact) mass is 487 g/mol. The summed E-state index contributed by atoms with van der Waals surface area (Å²) >= 11 is 10.0. The summed E-state index contributed by atoms with van der Waals surface area (Å²) < 4.78 is 6.55. The van der Waals surface area contributed by atoms with Crippen molar-refractivity contribution in [3.63, 3.8) is 0 Å². The van der Waals surface area contributed by atoms with Crippen molar-refractivity contribution in [3.8, 4) is 0 Å². The molecule has 1 aliphatic heterocycles. The van der Waals surface area contributed by atoms with E-state index in [2.05, 4.69) is 22.5 Å². The Labute approximate surface area is 187 Å². The predicted octanol–water partition coefficient (Wildman–Crippen LogP) is 4.99. The molecule has 1 amide bonds. The third-order valence-electron chi connectivity index (χ3n) is 4.19. The topological polar surface area (TPSA) is 46.6 Å². The lowest BCUT2D eigenvalue weighted by molar-refractivity contribution is -0.149. The second kappa shape index (κ2) is 10.0. The van der Waals surface area contributed by atoms with E-state index in [1.54, 1.807) is 6.08 Å². The number of nitrogens with zero attached hydrogens (tertiary/aromatic N) is 1. The Bertz CT molecular complexity index is 958. The van der Waals surface area contributed by atoms with Gasteiger partial charge in [-0.25, -0.2) is 4.79 Å². The van der Waals surface area contributed by atoms with Crippen molar-refractivity contribution in [1.82, 2.24) is 4.90 Å². The van der Waals surface area contributed by atoms with Crippen molar-refractivity contribution in [2.24, 2.45) is 0 Å². The van der Waals surface area contributed by atoms with Crippen molar-refractivity contribution in [1.29, 1.82) is 0 Å². The predicted molar refractivity (Wildman–Crippen MR) is 124 cm³/mol. The number of carbonyl (C=O) groups is 2. The molecule has 0 radical (unpaired) electrons. The van der Waals surface area contributed by atoms with Gasteiger partial charge in [-0.3, -0.25) is 9.69 Å². The van der Waals surface area contributed by atoms with Crippen molar-refractivity contribution >= 4 is 62.2 Å². The van der Waals surface area contributed by atoms with E-state index < -0.39 is 12.0 Å². The first-order valence-corrected chi connectivity index (χ1v) is 10.9. The molecule has 0 bridgehead atoms. The molecular formula is C22H18BrNO3S2. The normalized spacial score (nSPS) is 16.2. The highest BCUT2D eigenvalue weighted by atomic mass is 79.9. The summed E-state index contributed by atoms with van der Waals surface area (Å²) in [6.45, 7) is 3.65. The van der Waals surface area contributed by atoms with E-state index in [1.165, 1.54) is 22.7 Å². The Hall–Kier alpha value is -2.22. The summed E-state index contributed by atoms with van der Waals surface area (Å²) in [7, 11) is 0. The minimum absolute atomic E-state index is 0.0770. The number of carbonyl (C=O) groups excluding carboxylic acids is 2. The molecule has 1 fully saturated rings. The maximum atomic E-state index is 13.1. The van der Waals surface area contributed by atoms with Gasteiger partial charge < -0.3 is 4.74 Å². The molecule has 29 heavy (non-hydrogen) atoms. The zero-order valence-electron chi connectivity index (χ0n) is 15.4. The molecule has 1 atom stereocenters. The maximum Gasteiger partial charge on any atom is 0.329 e. The molecule has 1 heterocycles. The average Bonchev–Trinajstić information content (AvgIpc) is 3.00. The second-order valence-electron chi connectivity index (χ2n) is 6.23. The number of hydrogen-bond acceptors (Lipinski definition) is 5. The van der Waals surface area contributed by atoms with Crippen LogP contribution in [-0.2, 0) is 20.7 Å². The van der Waals surface area contributed by atoms with E-state index in [-0.39, 0.29) is 12.5 Å². The number of hydrogen-bond donors (Lipinski definition) is 0. The van der Waals surface area contributed by atoms with Crippen LogP contribution in [0.25, 0.3) is 6.08 Å². The number of thiocarbonyl (C=S) groups is 1. The molecule has 148 valence electrons. The Morgan fingerprint density at radius 2 is 1.90 bits per heavy atom. The van der Waals surface area contributed by atoms with E-state index in [4.69, 9.17) is 17.0 Å². The number of thioether (sulfide) groups is 1. The SMILES string of the molecule is C=CCOC(=O)[C@H](Cc1ccccc1)N1C(=O)/C(=C/c2ccc(Br)cc2)SC1=S. The van der Waals surface area contributed by atoms with Gasteiger partial charge in [0.05, 0.1) is 4.91 Å². The minimum Gasteiger partial charge on any atom is -0.460 e. The van der Waals surface area contributed by atoms with Gasteiger partial charge in [0.1, 0.15) is 17.0 Å². The summed E-state index contributed by atoms with van der Waals surface area (Å²) in [4.78, 5) is 27.7. The molecule has 0 saturated carbocycles. The smallest absolute Gasteiger partial charge is 0.329 e. The van der Waals surface area contributed by atoms with Gasteiger partial charge in [0.2, 0.25) is 0 Å². The quantitative estimate of drug-likeness (QED) is 0.238. The zero-order valence-corrected chi connectivity index (χ0v) is 18.6. The van der Waals surface area contributed by atoms with Gasteiger partial charge in [0.25, 0.3) is 5.91 Å². The molecule has 4 nitrogen and oxygen atoms in total. The fraction of sp³-hybridized carbons (Fsp3) is 0.136. The summed E-state index contributed by atoms with van der Waals surface area (Å²) in [5.41, 5.74) is 1.79. The van der Waals surface area contributed by atoms with Crippen LogP contribution >= 0.6 is 39.9 Å². The highest BCUT2D eigenvalue weighted by molar-refractivity contribution is 9.10. The Kier molecular flexibility index (Phi) is 7.41. The van der Waals surface area contributed by atoms with Crippen molar-refractivity contribution in [2.45, 2.75) is 12.5 Å². The van der Waals surface area contributed by atoms with Gasteiger partial charge in [-0.2, -0.15) is 0 Å². The maximum absolute atomic E-state index is 13.1. The Balaban J connectivity index is 1.88. The first kappa shape index (κ1) is 21.5. The summed E-state index contributed by atoms with van der Waals surface area (Å²) in [5.74, 6) is -0.797. The molecule has 0 spiro atoms. The van der Waals surface area contributed by atoms with Crippen LogP contribution < -0.4 is 0 Å². The lowest BCUT2D eigenvalue weighted by atomic mass is 10.0. The van der Waals surface area contributed by atoms with Gasteiger partial charge in [-0.1, -0.05) is 95.0 Å².